The Morgan fingerprint density at radius 3 is 2.83 bits per heavy atom. The van der Waals surface area contributed by atoms with Crippen LogP contribution in [0, 0.1) is 5.82 Å². The first kappa shape index (κ1) is 21.4. The molecule has 0 fully saturated rings. The molecule has 0 unspecified atom stereocenters. The van der Waals surface area contributed by atoms with Gasteiger partial charge in [-0.05, 0) is 31.0 Å². The molecule has 0 radical (unpaired) electrons. The predicted molar refractivity (Wildman–Crippen MR) is 104 cm³/mol. The summed E-state index contributed by atoms with van der Waals surface area (Å²) in [4.78, 5) is 17.9. The van der Waals surface area contributed by atoms with E-state index in [1.54, 1.807) is 19.2 Å². The topological polar surface area (TPSA) is 56.7 Å². The van der Waals surface area contributed by atoms with Gasteiger partial charge in [0.15, 0.2) is 5.96 Å². The Hall–Kier alpha value is -1.64. The molecule has 7 heteroatoms. The van der Waals surface area contributed by atoms with E-state index in [0.29, 0.717) is 11.6 Å². The number of unbranched alkanes of at least 4 members (excludes halogenated alkanes) is 1. The number of halogens is 2. The van der Waals surface area contributed by atoms with Gasteiger partial charge in [0.1, 0.15) is 5.82 Å². The van der Waals surface area contributed by atoms with Gasteiger partial charge in [-0.3, -0.25) is 9.79 Å². The Morgan fingerprint density at radius 2 is 2.22 bits per heavy atom. The van der Waals surface area contributed by atoms with Crippen LogP contribution in [0.3, 0.4) is 0 Å². The van der Waals surface area contributed by atoms with Gasteiger partial charge in [-0.15, -0.1) is 30.6 Å². The van der Waals surface area contributed by atoms with Crippen molar-refractivity contribution in [3.8, 4) is 0 Å². The molecule has 1 amide bonds. The van der Waals surface area contributed by atoms with Crippen LogP contribution in [0.1, 0.15) is 12.8 Å². The van der Waals surface area contributed by atoms with Gasteiger partial charge in [0, 0.05) is 26.3 Å². The lowest BCUT2D eigenvalue weighted by molar-refractivity contribution is -0.115. The van der Waals surface area contributed by atoms with Gasteiger partial charge in [-0.25, -0.2) is 4.39 Å². The molecule has 0 spiro atoms. The molecule has 5 nitrogen and oxygen atoms in total. The van der Waals surface area contributed by atoms with E-state index < -0.39 is 0 Å². The monoisotopic (exact) mass is 434 g/mol. The third-order valence-electron chi connectivity index (χ3n) is 2.99. The highest BCUT2D eigenvalue weighted by Crippen LogP contribution is 2.08. The van der Waals surface area contributed by atoms with E-state index >= 15 is 0 Å². The maximum atomic E-state index is 13.0. The summed E-state index contributed by atoms with van der Waals surface area (Å²) >= 11 is 0. The van der Waals surface area contributed by atoms with E-state index in [2.05, 4.69) is 22.2 Å². The van der Waals surface area contributed by atoms with Crippen molar-refractivity contribution in [1.82, 2.24) is 10.2 Å². The second-order valence-corrected chi connectivity index (χ2v) is 4.81. The van der Waals surface area contributed by atoms with Crippen molar-refractivity contribution in [2.24, 2.45) is 4.99 Å². The van der Waals surface area contributed by atoms with Gasteiger partial charge in [0.05, 0.1) is 6.54 Å². The number of rotatable bonds is 7. The lowest BCUT2D eigenvalue weighted by atomic mass is 10.3. The number of carbonyl (C=O) groups is 1. The molecule has 128 valence electrons. The van der Waals surface area contributed by atoms with Crippen molar-refractivity contribution in [1.29, 1.82) is 0 Å². The average molecular weight is 434 g/mol. The first-order valence-corrected chi connectivity index (χ1v) is 7.15. The smallest absolute Gasteiger partial charge is 0.243 e. The van der Waals surface area contributed by atoms with Crippen LogP contribution >= 0.6 is 24.0 Å². The Morgan fingerprint density at radius 1 is 1.48 bits per heavy atom. The van der Waals surface area contributed by atoms with Crippen molar-refractivity contribution in [2.45, 2.75) is 12.8 Å². The minimum Gasteiger partial charge on any atom is -0.347 e. The first-order chi connectivity index (χ1) is 10.6. The highest BCUT2D eigenvalue weighted by atomic mass is 127. The van der Waals surface area contributed by atoms with Gasteiger partial charge in [0.2, 0.25) is 5.91 Å². The molecular formula is C16H24FIN4O. The molecule has 1 aromatic rings. The number of guanidine groups is 1. The largest absolute Gasteiger partial charge is 0.347 e. The summed E-state index contributed by atoms with van der Waals surface area (Å²) in [5, 5.41) is 5.60. The summed E-state index contributed by atoms with van der Waals surface area (Å²) < 4.78 is 13.0. The number of carbonyl (C=O) groups excluding carboxylic acids is 1. The van der Waals surface area contributed by atoms with Gasteiger partial charge in [0.25, 0.3) is 0 Å². The van der Waals surface area contributed by atoms with Crippen LogP contribution in [-0.4, -0.2) is 44.0 Å². The molecule has 0 aliphatic heterocycles. The molecule has 0 bridgehead atoms. The number of aliphatic imine (C=N–C) groups is 1. The zero-order chi connectivity index (χ0) is 16.4. The lowest BCUT2D eigenvalue weighted by Gasteiger charge is -2.21. The van der Waals surface area contributed by atoms with E-state index in [0.717, 1.165) is 19.4 Å². The molecule has 23 heavy (non-hydrogen) atoms. The van der Waals surface area contributed by atoms with Gasteiger partial charge >= 0.3 is 0 Å². The molecule has 0 heterocycles. The molecule has 0 atom stereocenters. The number of anilines is 1. The SMILES string of the molecule is C=CCCCN(C)C(=NC)NCC(=O)Nc1cccc(F)c1.I. The number of amides is 1. The number of hydrogen-bond acceptors (Lipinski definition) is 2. The van der Waals surface area contributed by atoms with Crippen LogP contribution in [0.2, 0.25) is 0 Å². The van der Waals surface area contributed by atoms with E-state index in [1.165, 1.54) is 12.1 Å². The molecule has 0 saturated heterocycles. The summed E-state index contributed by atoms with van der Waals surface area (Å²) in [5.74, 6) is -0.00628. The van der Waals surface area contributed by atoms with Crippen LogP contribution < -0.4 is 10.6 Å². The van der Waals surface area contributed by atoms with Crippen molar-refractivity contribution in [2.75, 3.05) is 32.5 Å². The summed E-state index contributed by atoms with van der Waals surface area (Å²) in [6, 6.07) is 5.78. The summed E-state index contributed by atoms with van der Waals surface area (Å²) in [5.41, 5.74) is 0.432. The Kier molecular flexibility index (Phi) is 11.0. The maximum absolute atomic E-state index is 13.0. The second-order valence-electron chi connectivity index (χ2n) is 4.81. The van der Waals surface area contributed by atoms with E-state index in [9.17, 15) is 9.18 Å². The Labute approximate surface area is 154 Å². The first-order valence-electron chi connectivity index (χ1n) is 7.15. The minimum absolute atomic E-state index is 0. The molecule has 0 aliphatic carbocycles. The van der Waals surface area contributed by atoms with Gasteiger partial charge in [-0.1, -0.05) is 12.1 Å². The van der Waals surface area contributed by atoms with Crippen LogP contribution in [0.5, 0.6) is 0 Å². The number of benzene rings is 1. The molecule has 1 aromatic carbocycles. The number of hydrogen-bond donors (Lipinski definition) is 2. The summed E-state index contributed by atoms with van der Waals surface area (Å²) in [6.07, 6.45) is 3.77. The summed E-state index contributed by atoms with van der Waals surface area (Å²) in [7, 11) is 3.57. The molecule has 0 aromatic heterocycles. The highest BCUT2D eigenvalue weighted by molar-refractivity contribution is 14.0. The number of allylic oxidation sites excluding steroid dienone is 1. The maximum Gasteiger partial charge on any atom is 0.243 e. The van der Waals surface area contributed by atoms with Crippen molar-refractivity contribution in [3.05, 3.63) is 42.7 Å². The van der Waals surface area contributed by atoms with Gasteiger partial charge < -0.3 is 15.5 Å². The fourth-order valence-electron chi connectivity index (χ4n) is 1.89. The molecule has 0 aliphatic rings. The fraction of sp³-hybridized carbons (Fsp3) is 0.375. The third-order valence-corrected chi connectivity index (χ3v) is 2.99. The minimum atomic E-state index is -0.386. The Balaban J connectivity index is 0.00000484. The standard InChI is InChI=1S/C16H23FN4O.HI/c1-4-5-6-10-21(3)16(18-2)19-12-15(22)20-14-9-7-8-13(17)11-14;/h4,7-9,11H,1,5-6,10,12H2,2-3H3,(H,18,19)(H,20,22);1H. The van der Waals surface area contributed by atoms with E-state index in [-0.39, 0.29) is 42.2 Å². The van der Waals surface area contributed by atoms with Crippen molar-refractivity contribution < 1.29 is 9.18 Å². The van der Waals surface area contributed by atoms with Gasteiger partial charge in [-0.2, -0.15) is 0 Å². The van der Waals surface area contributed by atoms with Crippen LogP contribution in [-0.2, 0) is 4.79 Å². The van der Waals surface area contributed by atoms with E-state index in [1.807, 2.05) is 18.0 Å². The molecule has 1 rings (SSSR count). The third kappa shape index (κ3) is 8.53. The molecule has 0 saturated carbocycles. The Bertz CT molecular complexity index is 537. The normalized spacial score (nSPS) is 10.5. The fourth-order valence-corrected chi connectivity index (χ4v) is 1.89. The van der Waals surface area contributed by atoms with Crippen LogP contribution in [0.15, 0.2) is 41.9 Å². The quantitative estimate of drug-likeness (QED) is 0.228. The lowest BCUT2D eigenvalue weighted by Crippen LogP contribution is -2.42. The summed E-state index contributed by atoms with van der Waals surface area (Å²) in [6.45, 7) is 4.57. The average Bonchev–Trinajstić information content (AvgIpc) is 2.48. The van der Waals surface area contributed by atoms with Crippen LogP contribution in [0.4, 0.5) is 10.1 Å². The number of nitrogens with zero attached hydrogens (tertiary/aromatic N) is 2. The zero-order valence-corrected chi connectivity index (χ0v) is 15.8. The second kappa shape index (κ2) is 11.9. The van der Waals surface area contributed by atoms with E-state index in [4.69, 9.17) is 0 Å². The number of nitrogens with one attached hydrogen (secondary N) is 2. The van der Waals surface area contributed by atoms with Crippen molar-refractivity contribution >= 4 is 41.5 Å². The zero-order valence-electron chi connectivity index (χ0n) is 13.5. The molecular weight excluding hydrogens is 410 g/mol. The molecule has 2 N–H and O–H groups in total. The van der Waals surface area contributed by atoms with Crippen molar-refractivity contribution in [3.63, 3.8) is 0 Å². The highest BCUT2D eigenvalue weighted by Gasteiger charge is 2.08. The van der Waals surface area contributed by atoms with Crippen LogP contribution in [0.25, 0.3) is 0 Å². The predicted octanol–water partition coefficient (Wildman–Crippen LogP) is 2.86.